The Kier molecular flexibility index (Phi) is 7.28. The van der Waals surface area contributed by atoms with Crippen LogP contribution in [0.5, 0.6) is 0 Å². The van der Waals surface area contributed by atoms with E-state index in [1.807, 2.05) is 13.0 Å². The van der Waals surface area contributed by atoms with Crippen LogP contribution in [-0.4, -0.2) is 59.4 Å². The molecule has 0 aliphatic carbocycles. The van der Waals surface area contributed by atoms with Crippen molar-refractivity contribution in [2.24, 2.45) is 4.99 Å². The van der Waals surface area contributed by atoms with E-state index in [1.165, 1.54) is 7.11 Å². The summed E-state index contributed by atoms with van der Waals surface area (Å²) in [7, 11) is -2.02. The maximum Gasteiger partial charge on any atom is 0.240 e. The van der Waals surface area contributed by atoms with Crippen LogP contribution in [0.2, 0.25) is 0 Å². The number of methoxy groups -OCH3 is 1. The first-order valence-electron chi connectivity index (χ1n) is 9.79. The van der Waals surface area contributed by atoms with Crippen molar-refractivity contribution >= 4 is 16.0 Å². The van der Waals surface area contributed by atoms with Crippen molar-refractivity contribution in [3.63, 3.8) is 0 Å². The minimum atomic E-state index is -3.55. The Morgan fingerprint density at radius 3 is 2.89 bits per heavy atom. The first kappa shape index (κ1) is 21.0. The highest BCUT2D eigenvalue weighted by Crippen LogP contribution is 2.34. The number of aliphatic imine (C=N–C) groups is 1. The number of rotatable bonds is 9. The van der Waals surface area contributed by atoms with Gasteiger partial charge in [0.25, 0.3) is 0 Å². The number of sulfonamides is 1. The highest BCUT2D eigenvalue weighted by Gasteiger charge is 2.41. The molecule has 2 bridgehead atoms. The monoisotopic (exact) mass is 410 g/mol. The van der Waals surface area contributed by atoms with Gasteiger partial charge in [0.1, 0.15) is 0 Å². The molecular weight excluding hydrogens is 380 g/mol. The number of benzene rings is 1. The molecule has 1 aromatic rings. The van der Waals surface area contributed by atoms with Crippen LogP contribution in [0, 0.1) is 0 Å². The number of fused-ring (bicyclic) bond motifs is 2. The maximum absolute atomic E-state index is 12.4. The number of guanidine groups is 1. The fraction of sp³-hybridized carbons (Fsp3) is 0.632. The Balaban J connectivity index is 1.64. The Labute approximate surface area is 167 Å². The molecule has 28 heavy (non-hydrogen) atoms. The molecule has 0 amide bonds. The average Bonchev–Trinajstić information content (AvgIpc) is 3.30. The lowest BCUT2D eigenvalue weighted by Crippen LogP contribution is -2.47. The van der Waals surface area contributed by atoms with E-state index in [0.717, 1.165) is 37.3 Å². The molecule has 8 nitrogen and oxygen atoms in total. The molecule has 3 atom stereocenters. The second-order valence-corrected chi connectivity index (χ2v) is 8.86. The normalized spacial score (nSPS) is 24.5. The predicted octanol–water partition coefficient (Wildman–Crippen LogP) is 0.986. The second-order valence-electron chi connectivity index (χ2n) is 7.09. The summed E-state index contributed by atoms with van der Waals surface area (Å²) in [4.78, 5) is 4.87. The Morgan fingerprint density at radius 2 is 2.21 bits per heavy atom. The van der Waals surface area contributed by atoms with E-state index in [2.05, 4.69) is 20.3 Å². The van der Waals surface area contributed by atoms with E-state index < -0.39 is 10.0 Å². The smallest absolute Gasteiger partial charge is 0.240 e. The van der Waals surface area contributed by atoms with Crippen LogP contribution < -0.4 is 15.4 Å². The van der Waals surface area contributed by atoms with Gasteiger partial charge in [-0.25, -0.2) is 18.1 Å². The first-order chi connectivity index (χ1) is 13.5. The Morgan fingerprint density at radius 1 is 1.36 bits per heavy atom. The van der Waals surface area contributed by atoms with Crippen molar-refractivity contribution in [1.29, 1.82) is 0 Å². The van der Waals surface area contributed by atoms with Gasteiger partial charge >= 0.3 is 0 Å². The highest BCUT2D eigenvalue weighted by atomic mass is 32.2. The molecule has 1 aromatic carbocycles. The van der Waals surface area contributed by atoms with E-state index in [1.54, 1.807) is 18.2 Å². The summed E-state index contributed by atoms with van der Waals surface area (Å²) >= 11 is 0. The van der Waals surface area contributed by atoms with Gasteiger partial charge in [-0.05, 0) is 43.9 Å². The number of nitrogens with zero attached hydrogens (tertiary/aromatic N) is 1. The SMILES string of the molecule is CCNC(=NCc1cccc(S(=O)(=O)NCCOC)c1)NC1CC2CCC1O2. The van der Waals surface area contributed by atoms with Gasteiger partial charge < -0.3 is 20.1 Å². The van der Waals surface area contributed by atoms with E-state index >= 15 is 0 Å². The van der Waals surface area contributed by atoms with Crippen LogP contribution >= 0.6 is 0 Å². The van der Waals surface area contributed by atoms with Gasteiger partial charge in [-0.3, -0.25) is 0 Å². The zero-order chi connectivity index (χ0) is 20.0. The van der Waals surface area contributed by atoms with E-state index in [4.69, 9.17) is 9.47 Å². The van der Waals surface area contributed by atoms with Gasteiger partial charge in [0.05, 0.1) is 36.3 Å². The van der Waals surface area contributed by atoms with Crippen molar-refractivity contribution in [2.75, 3.05) is 26.8 Å². The molecule has 3 rings (SSSR count). The van der Waals surface area contributed by atoms with Crippen LogP contribution in [0.15, 0.2) is 34.2 Å². The van der Waals surface area contributed by atoms with Crippen molar-refractivity contribution in [1.82, 2.24) is 15.4 Å². The summed E-state index contributed by atoms with van der Waals surface area (Å²) in [5, 5.41) is 6.72. The van der Waals surface area contributed by atoms with Gasteiger partial charge in [-0.1, -0.05) is 12.1 Å². The molecule has 3 N–H and O–H groups in total. The third-order valence-electron chi connectivity index (χ3n) is 5.00. The minimum Gasteiger partial charge on any atom is -0.383 e. The molecular formula is C19H30N4O4S. The molecule has 0 aromatic heterocycles. The second kappa shape index (κ2) is 9.69. The van der Waals surface area contributed by atoms with Crippen molar-refractivity contribution in [2.45, 2.75) is 55.9 Å². The molecule has 0 spiro atoms. The summed E-state index contributed by atoms with van der Waals surface area (Å²) in [6.07, 6.45) is 3.89. The topological polar surface area (TPSA) is 101 Å². The van der Waals surface area contributed by atoms with Gasteiger partial charge in [0.2, 0.25) is 10.0 Å². The van der Waals surface area contributed by atoms with Crippen molar-refractivity contribution in [3.05, 3.63) is 29.8 Å². The zero-order valence-corrected chi connectivity index (χ0v) is 17.3. The number of hydrogen-bond acceptors (Lipinski definition) is 5. The first-order valence-corrected chi connectivity index (χ1v) is 11.3. The Bertz CT molecular complexity index is 784. The highest BCUT2D eigenvalue weighted by molar-refractivity contribution is 7.89. The molecule has 2 saturated heterocycles. The molecule has 156 valence electrons. The van der Waals surface area contributed by atoms with E-state index in [0.29, 0.717) is 19.3 Å². The number of ether oxygens (including phenoxy) is 2. The third-order valence-corrected chi connectivity index (χ3v) is 6.46. The molecule has 2 aliphatic heterocycles. The Hall–Kier alpha value is -1.68. The predicted molar refractivity (Wildman–Crippen MR) is 108 cm³/mol. The van der Waals surface area contributed by atoms with Gasteiger partial charge in [-0.2, -0.15) is 0 Å². The van der Waals surface area contributed by atoms with Crippen LogP contribution in [0.3, 0.4) is 0 Å². The summed E-state index contributed by atoms with van der Waals surface area (Å²) in [5.41, 5.74) is 0.830. The van der Waals surface area contributed by atoms with Gasteiger partial charge in [0, 0.05) is 20.2 Å². The van der Waals surface area contributed by atoms with Crippen LogP contribution in [0.4, 0.5) is 0 Å². The van der Waals surface area contributed by atoms with Crippen molar-refractivity contribution in [3.8, 4) is 0 Å². The molecule has 2 fully saturated rings. The largest absolute Gasteiger partial charge is 0.383 e. The van der Waals surface area contributed by atoms with Crippen molar-refractivity contribution < 1.29 is 17.9 Å². The number of hydrogen-bond donors (Lipinski definition) is 3. The number of nitrogens with one attached hydrogen (secondary N) is 3. The third kappa shape index (κ3) is 5.44. The standard InChI is InChI=1S/C19H30N4O4S/c1-3-20-19(23-17-12-15-7-8-18(17)27-15)21-13-14-5-4-6-16(11-14)28(24,25)22-9-10-26-2/h4-6,11,15,17-18,22H,3,7-10,12-13H2,1-2H3,(H2,20,21,23). The molecule has 2 aliphatic rings. The molecule has 0 saturated carbocycles. The average molecular weight is 411 g/mol. The van der Waals surface area contributed by atoms with Gasteiger partial charge in [-0.15, -0.1) is 0 Å². The molecule has 3 unspecified atom stereocenters. The van der Waals surface area contributed by atoms with Gasteiger partial charge in [0.15, 0.2) is 5.96 Å². The van der Waals surface area contributed by atoms with Crippen LogP contribution in [-0.2, 0) is 26.0 Å². The summed E-state index contributed by atoms with van der Waals surface area (Å²) in [5.74, 6) is 0.732. The fourth-order valence-corrected chi connectivity index (χ4v) is 4.71. The van der Waals surface area contributed by atoms with E-state index in [-0.39, 0.29) is 23.6 Å². The molecule has 0 radical (unpaired) electrons. The summed E-state index contributed by atoms with van der Waals surface area (Å²) in [6.45, 7) is 3.73. The zero-order valence-electron chi connectivity index (χ0n) is 16.5. The molecule has 9 heteroatoms. The summed E-state index contributed by atoms with van der Waals surface area (Å²) in [6, 6.07) is 7.14. The minimum absolute atomic E-state index is 0.232. The van der Waals surface area contributed by atoms with Crippen LogP contribution in [0.1, 0.15) is 31.7 Å². The lowest BCUT2D eigenvalue weighted by molar-refractivity contribution is 0.0992. The van der Waals surface area contributed by atoms with E-state index in [9.17, 15) is 8.42 Å². The quantitative estimate of drug-likeness (QED) is 0.319. The lowest BCUT2D eigenvalue weighted by Gasteiger charge is -2.22. The fourth-order valence-electron chi connectivity index (χ4n) is 3.63. The lowest BCUT2D eigenvalue weighted by atomic mass is 9.96. The maximum atomic E-state index is 12.4. The summed E-state index contributed by atoms with van der Waals surface area (Å²) < 4.78 is 38.0. The van der Waals surface area contributed by atoms with Crippen LogP contribution in [0.25, 0.3) is 0 Å². The molecule has 2 heterocycles.